The molecule has 1 aliphatic rings. The van der Waals surface area contributed by atoms with E-state index in [0.717, 1.165) is 12.5 Å². The van der Waals surface area contributed by atoms with Crippen molar-refractivity contribution in [2.45, 2.75) is 51.6 Å². The largest absolute Gasteiger partial charge is 0.481 e. The molecule has 1 heterocycles. The second-order valence-corrected chi connectivity index (χ2v) is 5.23. The van der Waals surface area contributed by atoms with E-state index >= 15 is 0 Å². The number of nitrogens with one attached hydrogen (secondary N) is 1. The Hall–Kier alpha value is -1.09. The van der Waals surface area contributed by atoms with Crippen molar-refractivity contribution in [2.24, 2.45) is 5.92 Å². The zero-order chi connectivity index (χ0) is 12.8. The van der Waals surface area contributed by atoms with Crippen LogP contribution in [0.15, 0.2) is 18.3 Å². The standard InChI is InChI=1S/C15H24N2O/c1-3-12-5-4-6-14(9-12)17-11-13-7-8-16-15(10-13)18-2/h7-8,10,12,14,17H,3-6,9,11H2,1-2H3. The van der Waals surface area contributed by atoms with Crippen molar-refractivity contribution in [3.8, 4) is 5.88 Å². The van der Waals surface area contributed by atoms with Gasteiger partial charge < -0.3 is 10.1 Å². The molecule has 1 N–H and O–H groups in total. The second-order valence-electron chi connectivity index (χ2n) is 5.23. The van der Waals surface area contributed by atoms with E-state index < -0.39 is 0 Å². The minimum atomic E-state index is 0.683. The molecule has 3 nitrogen and oxygen atoms in total. The van der Waals surface area contributed by atoms with Crippen LogP contribution in [0.1, 0.15) is 44.6 Å². The molecule has 0 radical (unpaired) electrons. The fourth-order valence-electron chi connectivity index (χ4n) is 2.78. The van der Waals surface area contributed by atoms with Crippen LogP contribution in [0, 0.1) is 5.92 Å². The highest BCUT2D eigenvalue weighted by Crippen LogP contribution is 2.26. The van der Waals surface area contributed by atoms with Crippen molar-refractivity contribution in [1.29, 1.82) is 0 Å². The van der Waals surface area contributed by atoms with Gasteiger partial charge in [-0.15, -0.1) is 0 Å². The van der Waals surface area contributed by atoms with Gasteiger partial charge in [-0.25, -0.2) is 4.98 Å². The van der Waals surface area contributed by atoms with Crippen LogP contribution in [0.25, 0.3) is 0 Å². The molecule has 1 fully saturated rings. The van der Waals surface area contributed by atoms with E-state index in [1.165, 1.54) is 37.7 Å². The molecule has 2 unspecified atom stereocenters. The summed E-state index contributed by atoms with van der Waals surface area (Å²) < 4.78 is 5.14. The molecule has 0 bridgehead atoms. The minimum Gasteiger partial charge on any atom is -0.481 e. The van der Waals surface area contributed by atoms with Crippen LogP contribution in [-0.4, -0.2) is 18.1 Å². The van der Waals surface area contributed by atoms with Crippen molar-refractivity contribution < 1.29 is 4.74 Å². The predicted octanol–water partition coefficient (Wildman–Crippen LogP) is 3.15. The first-order chi connectivity index (χ1) is 8.81. The molecule has 0 aliphatic heterocycles. The monoisotopic (exact) mass is 248 g/mol. The summed E-state index contributed by atoms with van der Waals surface area (Å²) >= 11 is 0. The van der Waals surface area contributed by atoms with Crippen LogP contribution < -0.4 is 10.1 Å². The van der Waals surface area contributed by atoms with Gasteiger partial charge in [-0.05, 0) is 30.4 Å². The Balaban J connectivity index is 1.83. The number of aromatic nitrogens is 1. The molecular weight excluding hydrogens is 224 g/mol. The van der Waals surface area contributed by atoms with Crippen molar-refractivity contribution in [3.05, 3.63) is 23.9 Å². The van der Waals surface area contributed by atoms with Crippen LogP contribution in [0.3, 0.4) is 0 Å². The number of nitrogens with zero attached hydrogens (tertiary/aromatic N) is 1. The average Bonchev–Trinajstić information content (AvgIpc) is 2.45. The van der Waals surface area contributed by atoms with E-state index in [1.54, 1.807) is 7.11 Å². The third-order valence-electron chi connectivity index (χ3n) is 3.96. The molecule has 1 saturated carbocycles. The second kappa shape index (κ2) is 6.74. The third kappa shape index (κ3) is 3.70. The van der Waals surface area contributed by atoms with Crippen LogP contribution in [0.2, 0.25) is 0 Å². The molecule has 1 aliphatic carbocycles. The first-order valence-corrected chi connectivity index (χ1v) is 7.04. The highest BCUT2D eigenvalue weighted by Gasteiger charge is 2.19. The Kier molecular flexibility index (Phi) is 5.00. The minimum absolute atomic E-state index is 0.683. The van der Waals surface area contributed by atoms with Crippen molar-refractivity contribution in [3.63, 3.8) is 0 Å². The van der Waals surface area contributed by atoms with E-state index in [1.807, 2.05) is 12.3 Å². The smallest absolute Gasteiger partial charge is 0.213 e. The van der Waals surface area contributed by atoms with E-state index in [4.69, 9.17) is 4.74 Å². The molecule has 2 atom stereocenters. The maximum absolute atomic E-state index is 5.14. The van der Waals surface area contributed by atoms with Crippen LogP contribution >= 0.6 is 0 Å². The number of methoxy groups -OCH3 is 1. The van der Waals surface area contributed by atoms with E-state index in [-0.39, 0.29) is 0 Å². The van der Waals surface area contributed by atoms with Gasteiger partial charge in [0.05, 0.1) is 7.11 Å². The Morgan fingerprint density at radius 2 is 2.33 bits per heavy atom. The highest BCUT2D eigenvalue weighted by atomic mass is 16.5. The summed E-state index contributed by atoms with van der Waals surface area (Å²) in [6, 6.07) is 4.74. The summed E-state index contributed by atoms with van der Waals surface area (Å²) in [6.45, 7) is 3.22. The normalized spacial score (nSPS) is 23.9. The van der Waals surface area contributed by atoms with E-state index in [0.29, 0.717) is 11.9 Å². The molecule has 0 amide bonds. The lowest BCUT2D eigenvalue weighted by Crippen LogP contribution is -2.33. The Labute approximate surface area is 110 Å². The molecule has 1 aromatic rings. The topological polar surface area (TPSA) is 34.2 Å². The lowest BCUT2D eigenvalue weighted by molar-refractivity contribution is 0.278. The summed E-state index contributed by atoms with van der Waals surface area (Å²) in [5, 5.41) is 3.67. The molecule has 3 heteroatoms. The first-order valence-electron chi connectivity index (χ1n) is 7.04. The maximum Gasteiger partial charge on any atom is 0.213 e. The number of rotatable bonds is 5. The molecule has 100 valence electrons. The van der Waals surface area contributed by atoms with E-state index in [9.17, 15) is 0 Å². The van der Waals surface area contributed by atoms with Gasteiger partial charge in [-0.3, -0.25) is 0 Å². The fraction of sp³-hybridized carbons (Fsp3) is 0.667. The van der Waals surface area contributed by atoms with Gasteiger partial charge in [0.25, 0.3) is 0 Å². The zero-order valence-electron chi connectivity index (χ0n) is 11.5. The van der Waals surface area contributed by atoms with Gasteiger partial charge in [0.2, 0.25) is 5.88 Å². The SMILES string of the molecule is CCC1CCCC(NCc2ccnc(OC)c2)C1. The first kappa shape index (κ1) is 13.3. The highest BCUT2D eigenvalue weighted by molar-refractivity contribution is 5.20. The van der Waals surface area contributed by atoms with Crippen LogP contribution in [0.5, 0.6) is 5.88 Å². The van der Waals surface area contributed by atoms with Crippen molar-refractivity contribution in [1.82, 2.24) is 10.3 Å². The number of hydrogen-bond donors (Lipinski definition) is 1. The molecule has 18 heavy (non-hydrogen) atoms. The predicted molar refractivity (Wildman–Crippen MR) is 73.7 cm³/mol. The number of hydrogen-bond acceptors (Lipinski definition) is 3. The molecule has 0 spiro atoms. The molecular formula is C15H24N2O. The average molecular weight is 248 g/mol. The molecule has 1 aromatic heterocycles. The van der Waals surface area contributed by atoms with Crippen LogP contribution in [-0.2, 0) is 6.54 Å². The summed E-state index contributed by atoms with van der Waals surface area (Å²) in [4.78, 5) is 4.13. The lowest BCUT2D eigenvalue weighted by atomic mass is 9.84. The van der Waals surface area contributed by atoms with Crippen LogP contribution in [0.4, 0.5) is 0 Å². The summed E-state index contributed by atoms with van der Waals surface area (Å²) in [5.74, 6) is 1.62. The maximum atomic E-state index is 5.14. The number of pyridine rings is 1. The summed E-state index contributed by atoms with van der Waals surface area (Å²) in [7, 11) is 1.66. The Morgan fingerprint density at radius 3 is 3.11 bits per heavy atom. The van der Waals surface area contributed by atoms with Gasteiger partial charge in [-0.1, -0.05) is 26.2 Å². The van der Waals surface area contributed by atoms with Gasteiger partial charge in [0.15, 0.2) is 0 Å². The summed E-state index contributed by atoms with van der Waals surface area (Å²) in [6.07, 6.45) is 8.57. The lowest BCUT2D eigenvalue weighted by Gasteiger charge is -2.29. The molecule has 0 aromatic carbocycles. The molecule has 0 saturated heterocycles. The zero-order valence-corrected chi connectivity index (χ0v) is 11.5. The van der Waals surface area contributed by atoms with Gasteiger partial charge in [0.1, 0.15) is 0 Å². The van der Waals surface area contributed by atoms with E-state index in [2.05, 4.69) is 23.3 Å². The Morgan fingerprint density at radius 1 is 1.44 bits per heavy atom. The molecule has 2 rings (SSSR count). The van der Waals surface area contributed by atoms with Gasteiger partial charge >= 0.3 is 0 Å². The van der Waals surface area contributed by atoms with Gasteiger partial charge in [-0.2, -0.15) is 0 Å². The number of ether oxygens (including phenoxy) is 1. The fourth-order valence-corrected chi connectivity index (χ4v) is 2.78. The Bertz CT molecular complexity index is 367. The summed E-state index contributed by atoms with van der Waals surface area (Å²) in [5.41, 5.74) is 1.25. The van der Waals surface area contributed by atoms with Crippen molar-refractivity contribution >= 4 is 0 Å². The third-order valence-corrected chi connectivity index (χ3v) is 3.96. The van der Waals surface area contributed by atoms with Gasteiger partial charge in [0, 0.05) is 24.8 Å². The van der Waals surface area contributed by atoms with Crippen molar-refractivity contribution in [2.75, 3.05) is 7.11 Å². The quantitative estimate of drug-likeness (QED) is 0.869.